The normalized spacial score (nSPS) is 16.8. The van der Waals surface area contributed by atoms with E-state index in [1.54, 1.807) is 0 Å². The summed E-state index contributed by atoms with van der Waals surface area (Å²) in [5, 5.41) is 0. The van der Waals surface area contributed by atoms with Gasteiger partial charge in [-0.15, -0.1) is 0 Å². The van der Waals surface area contributed by atoms with Crippen LogP contribution in [0, 0.1) is 6.92 Å². The van der Waals surface area contributed by atoms with Crippen molar-refractivity contribution in [3.05, 3.63) is 51.4 Å². The van der Waals surface area contributed by atoms with E-state index in [4.69, 9.17) is 9.05 Å². The van der Waals surface area contributed by atoms with Crippen molar-refractivity contribution in [3.8, 4) is 5.69 Å². The van der Waals surface area contributed by atoms with Crippen LogP contribution in [0.1, 0.15) is 41.1 Å². The van der Waals surface area contributed by atoms with E-state index in [-0.39, 0.29) is 30.2 Å². The molecule has 1 unspecified atom stereocenters. The number of carbonyl (C=O) groups is 1. The van der Waals surface area contributed by atoms with E-state index >= 15 is 0 Å². The maximum absolute atomic E-state index is 13.4. The number of benzene rings is 1. The van der Waals surface area contributed by atoms with Gasteiger partial charge in [-0.2, -0.15) is 13.2 Å². The third-order valence-electron chi connectivity index (χ3n) is 4.33. The van der Waals surface area contributed by atoms with E-state index in [0.717, 1.165) is 27.6 Å². The number of halogens is 3. The molecule has 1 aliphatic heterocycles. The van der Waals surface area contributed by atoms with Crippen LogP contribution in [0.4, 0.5) is 13.2 Å². The van der Waals surface area contributed by atoms with Crippen LogP contribution < -0.4 is 5.56 Å². The summed E-state index contributed by atoms with van der Waals surface area (Å²) in [6.07, 6.45) is -4.69. The highest BCUT2D eigenvalue weighted by Gasteiger charge is 2.49. The van der Waals surface area contributed by atoms with Crippen molar-refractivity contribution in [2.24, 2.45) is 0 Å². The molecule has 3 rings (SSSR count). The second kappa shape index (κ2) is 7.02. The highest BCUT2D eigenvalue weighted by Crippen LogP contribution is 2.63. The molecule has 28 heavy (non-hydrogen) atoms. The van der Waals surface area contributed by atoms with Gasteiger partial charge in [0.25, 0.3) is 11.5 Å². The van der Waals surface area contributed by atoms with Crippen molar-refractivity contribution in [2.75, 3.05) is 13.2 Å². The molecular formula is C17H18F3N2O5P. The van der Waals surface area contributed by atoms with Crippen LogP contribution in [0.15, 0.2) is 29.1 Å². The van der Waals surface area contributed by atoms with Gasteiger partial charge < -0.3 is 9.05 Å². The molecule has 2 heterocycles. The first-order valence-corrected chi connectivity index (χ1v) is 10.1. The SMILES string of the molecule is CCOP(=O)(OCC)C1C(=O)n2c(C)cc(=O)n2-c2ccc(C(F)(F)F)cc21. The fourth-order valence-corrected chi connectivity index (χ4v) is 5.32. The Morgan fingerprint density at radius 1 is 1.07 bits per heavy atom. The molecule has 1 aromatic heterocycles. The summed E-state index contributed by atoms with van der Waals surface area (Å²) < 4.78 is 65.6. The van der Waals surface area contributed by atoms with Crippen molar-refractivity contribution in [3.63, 3.8) is 0 Å². The first-order chi connectivity index (χ1) is 13.0. The molecule has 0 spiro atoms. The molecule has 152 valence electrons. The number of fused-ring (bicyclic) bond motifs is 3. The number of hydrogen-bond acceptors (Lipinski definition) is 5. The van der Waals surface area contributed by atoms with Gasteiger partial charge in [-0.05, 0) is 39.0 Å². The van der Waals surface area contributed by atoms with Gasteiger partial charge in [0.15, 0.2) is 5.66 Å². The Kier molecular flexibility index (Phi) is 5.16. The van der Waals surface area contributed by atoms with Gasteiger partial charge in [-0.25, -0.2) is 9.36 Å². The van der Waals surface area contributed by atoms with Crippen LogP contribution in [-0.2, 0) is 19.8 Å². The van der Waals surface area contributed by atoms with Gasteiger partial charge in [0.2, 0.25) is 0 Å². The molecule has 0 saturated carbocycles. The lowest BCUT2D eigenvalue weighted by Gasteiger charge is -2.32. The summed E-state index contributed by atoms with van der Waals surface area (Å²) >= 11 is 0. The number of alkyl halides is 3. The lowest BCUT2D eigenvalue weighted by molar-refractivity contribution is -0.137. The third-order valence-corrected chi connectivity index (χ3v) is 6.70. The Morgan fingerprint density at radius 3 is 2.21 bits per heavy atom. The lowest BCUT2D eigenvalue weighted by Crippen LogP contribution is -2.36. The number of rotatable bonds is 5. The molecule has 0 amide bonds. The summed E-state index contributed by atoms with van der Waals surface area (Å²) in [4.78, 5) is 25.5. The zero-order valence-corrected chi connectivity index (χ0v) is 16.2. The molecule has 0 saturated heterocycles. The van der Waals surface area contributed by atoms with Crippen molar-refractivity contribution in [1.82, 2.24) is 9.36 Å². The molecule has 0 aliphatic carbocycles. The number of aryl methyl sites for hydroxylation is 1. The van der Waals surface area contributed by atoms with Crippen molar-refractivity contribution in [1.29, 1.82) is 0 Å². The van der Waals surface area contributed by atoms with E-state index in [9.17, 15) is 27.3 Å². The molecule has 2 aromatic rings. The first-order valence-electron chi connectivity index (χ1n) is 8.51. The molecule has 1 aliphatic rings. The standard InChI is InChI=1S/C17H18F3N2O5P/c1-4-26-28(25,27-5-2)15-12-9-11(17(18,19)20)6-7-13(12)22-14(23)8-10(3)21(22)16(15)24/h6-9,15H,4-5H2,1-3H3. The molecule has 0 fully saturated rings. The van der Waals surface area contributed by atoms with E-state index in [1.165, 1.54) is 26.8 Å². The largest absolute Gasteiger partial charge is 0.416 e. The molecule has 11 heteroatoms. The number of carbonyl (C=O) groups excluding carboxylic acids is 1. The molecule has 7 nitrogen and oxygen atoms in total. The van der Waals surface area contributed by atoms with Gasteiger partial charge in [0.05, 0.1) is 24.5 Å². The topological polar surface area (TPSA) is 79.5 Å². The van der Waals surface area contributed by atoms with Gasteiger partial charge in [-0.3, -0.25) is 14.2 Å². The summed E-state index contributed by atoms with van der Waals surface area (Å²) in [5.74, 6) is -0.850. The lowest BCUT2D eigenvalue weighted by atomic mass is 10.0. The van der Waals surface area contributed by atoms with Crippen LogP contribution in [0.25, 0.3) is 5.69 Å². The molecule has 1 atom stereocenters. The number of aromatic nitrogens is 2. The average molecular weight is 418 g/mol. The second-order valence-electron chi connectivity index (χ2n) is 6.14. The van der Waals surface area contributed by atoms with Gasteiger partial charge >= 0.3 is 13.8 Å². The van der Waals surface area contributed by atoms with Crippen LogP contribution in [0.3, 0.4) is 0 Å². The minimum atomic E-state index is -4.69. The molecule has 0 radical (unpaired) electrons. The minimum Gasteiger partial charge on any atom is -0.308 e. The van der Waals surface area contributed by atoms with E-state index in [0.29, 0.717) is 0 Å². The second-order valence-corrected chi connectivity index (χ2v) is 8.25. The van der Waals surface area contributed by atoms with Gasteiger partial charge in [0, 0.05) is 17.3 Å². The Bertz CT molecular complexity index is 1030. The number of hydrogen-bond donors (Lipinski definition) is 0. The van der Waals surface area contributed by atoms with Crippen LogP contribution in [0.2, 0.25) is 0 Å². The molecule has 0 N–H and O–H groups in total. The Balaban J connectivity index is 2.37. The average Bonchev–Trinajstić information content (AvgIpc) is 2.89. The highest BCUT2D eigenvalue weighted by atomic mass is 31.2. The summed E-state index contributed by atoms with van der Waals surface area (Å²) in [6.45, 7) is 4.40. The third kappa shape index (κ3) is 3.15. The molecule has 1 aromatic carbocycles. The maximum atomic E-state index is 13.4. The highest BCUT2D eigenvalue weighted by molar-refractivity contribution is 7.55. The van der Waals surface area contributed by atoms with Gasteiger partial charge in [0.1, 0.15) is 0 Å². The zero-order valence-electron chi connectivity index (χ0n) is 15.3. The quantitative estimate of drug-likeness (QED) is 0.688. The fourth-order valence-electron chi connectivity index (χ4n) is 3.30. The summed E-state index contributed by atoms with van der Waals surface area (Å²) in [7, 11) is -4.17. The smallest absolute Gasteiger partial charge is 0.308 e. The summed E-state index contributed by atoms with van der Waals surface area (Å²) in [5.41, 5.74) is -3.20. The molecule has 0 bridgehead atoms. The van der Waals surface area contributed by atoms with E-state index in [1.807, 2.05) is 0 Å². The van der Waals surface area contributed by atoms with E-state index < -0.39 is 36.5 Å². The van der Waals surface area contributed by atoms with Crippen LogP contribution >= 0.6 is 7.60 Å². The Labute approximate surface area is 158 Å². The predicted molar refractivity (Wildman–Crippen MR) is 94.0 cm³/mol. The van der Waals surface area contributed by atoms with Crippen molar-refractivity contribution in [2.45, 2.75) is 32.6 Å². The Morgan fingerprint density at radius 2 is 1.68 bits per heavy atom. The fraction of sp³-hybridized carbons (Fsp3) is 0.412. The predicted octanol–water partition coefficient (Wildman–Crippen LogP) is 3.93. The zero-order chi connectivity index (χ0) is 20.9. The minimum absolute atomic E-state index is 0.0235. The van der Waals surface area contributed by atoms with Crippen LogP contribution in [0.5, 0.6) is 0 Å². The van der Waals surface area contributed by atoms with E-state index in [2.05, 4.69) is 0 Å². The van der Waals surface area contributed by atoms with Crippen molar-refractivity contribution < 1.29 is 31.6 Å². The monoisotopic (exact) mass is 418 g/mol. The van der Waals surface area contributed by atoms with Crippen molar-refractivity contribution >= 4 is 13.5 Å². The Hall–Kier alpha value is -2.16. The van der Waals surface area contributed by atoms with Crippen LogP contribution in [-0.4, -0.2) is 28.5 Å². The number of nitrogens with zero attached hydrogens (tertiary/aromatic N) is 2. The maximum Gasteiger partial charge on any atom is 0.416 e. The molecular weight excluding hydrogens is 400 g/mol. The first kappa shape index (κ1) is 20.6. The van der Waals surface area contributed by atoms with Gasteiger partial charge in [-0.1, -0.05) is 0 Å². The summed E-state index contributed by atoms with van der Waals surface area (Å²) in [6, 6.07) is 3.78.